The third-order valence-electron chi connectivity index (χ3n) is 2.91. The van der Waals surface area contributed by atoms with Gasteiger partial charge in [-0.3, -0.25) is 4.79 Å². The van der Waals surface area contributed by atoms with Crippen molar-refractivity contribution in [1.82, 2.24) is 0 Å². The first-order valence-corrected chi connectivity index (χ1v) is 6.81. The van der Waals surface area contributed by atoms with E-state index in [0.717, 1.165) is 0 Å². The number of para-hydroxylation sites is 1. The summed E-state index contributed by atoms with van der Waals surface area (Å²) in [5.74, 6) is -0.999. The van der Waals surface area contributed by atoms with E-state index in [1.807, 2.05) is 0 Å². The molecular weight excluding hydrogens is 287 g/mol. The summed E-state index contributed by atoms with van der Waals surface area (Å²) in [6.07, 6.45) is 0.426. The fourth-order valence-electron chi connectivity index (χ4n) is 1.76. The van der Waals surface area contributed by atoms with Crippen molar-refractivity contribution in [3.8, 4) is 11.5 Å². The second-order valence-corrected chi connectivity index (χ2v) is 4.49. The maximum atomic E-state index is 13.3. The Morgan fingerprint density at radius 3 is 2.36 bits per heavy atom. The molecule has 0 aliphatic heterocycles. The van der Waals surface area contributed by atoms with Crippen LogP contribution in [0.25, 0.3) is 0 Å². The quantitative estimate of drug-likeness (QED) is 0.466. The zero-order valence-corrected chi connectivity index (χ0v) is 12.0. The highest BCUT2D eigenvalue weighted by atomic mass is 19.1. The van der Waals surface area contributed by atoms with E-state index in [1.165, 1.54) is 18.2 Å². The van der Waals surface area contributed by atoms with Crippen molar-refractivity contribution < 1.29 is 23.5 Å². The molecule has 4 nitrogen and oxygen atoms in total. The minimum absolute atomic E-state index is 0.0329. The Balaban J connectivity index is 1.89. The van der Waals surface area contributed by atoms with Crippen LogP contribution in [0.1, 0.15) is 23.7 Å². The molecule has 0 fully saturated rings. The third-order valence-corrected chi connectivity index (χ3v) is 2.91. The maximum absolute atomic E-state index is 13.3. The van der Waals surface area contributed by atoms with Crippen LogP contribution in [0.4, 0.5) is 4.39 Å². The van der Waals surface area contributed by atoms with E-state index in [2.05, 4.69) is 0 Å². The standard InChI is InChI=1S/C17H15FO4/c1-2-15(19)12-7-9-13(10-8-12)21-11-17(20)22-16-6-4-3-5-14(16)18/h3-10H,2,11H2,1H3. The van der Waals surface area contributed by atoms with Gasteiger partial charge in [0.1, 0.15) is 5.75 Å². The smallest absolute Gasteiger partial charge is 0.349 e. The summed E-state index contributed by atoms with van der Waals surface area (Å²) < 4.78 is 23.4. The summed E-state index contributed by atoms with van der Waals surface area (Å²) in [5, 5.41) is 0. The highest BCUT2D eigenvalue weighted by molar-refractivity contribution is 5.95. The predicted octanol–water partition coefficient (Wildman–Crippen LogP) is 3.40. The van der Waals surface area contributed by atoms with Crippen molar-refractivity contribution in [2.24, 2.45) is 0 Å². The van der Waals surface area contributed by atoms with Gasteiger partial charge in [-0.2, -0.15) is 0 Å². The Hall–Kier alpha value is -2.69. The highest BCUT2D eigenvalue weighted by Gasteiger charge is 2.10. The Labute approximate surface area is 127 Å². The number of benzene rings is 2. The molecule has 0 N–H and O–H groups in total. The molecule has 0 atom stereocenters. The topological polar surface area (TPSA) is 52.6 Å². The first-order chi connectivity index (χ1) is 10.6. The number of carbonyl (C=O) groups is 2. The molecule has 0 bridgehead atoms. The molecule has 0 heterocycles. The van der Waals surface area contributed by atoms with Gasteiger partial charge >= 0.3 is 5.97 Å². The molecule has 0 saturated carbocycles. The first kappa shape index (κ1) is 15.7. The van der Waals surface area contributed by atoms with Crippen molar-refractivity contribution in [3.63, 3.8) is 0 Å². The molecule has 2 aromatic carbocycles. The van der Waals surface area contributed by atoms with Gasteiger partial charge in [-0.1, -0.05) is 19.1 Å². The molecule has 2 rings (SSSR count). The number of ether oxygens (including phenoxy) is 2. The molecule has 22 heavy (non-hydrogen) atoms. The van der Waals surface area contributed by atoms with Gasteiger partial charge in [0, 0.05) is 12.0 Å². The Bertz CT molecular complexity index is 665. The van der Waals surface area contributed by atoms with Crippen LogP contribution in [-0.4, -0.2) is 18.4 Å². The number of halogens is 1. The van der Waals surface area contributed by atoms with Gasteiger partial charge in [0.2, 0.25) is 0 Å². The van der Waals surface area contributed by atoms with Crippen LogP contribution in [-0.2, 0) is 4.79 Å². The zero-order valence-electron chi connectivity index (χ0n) is 12.0. The van der Waals surface area contributed by atoms with E-state index >= 15 is 0 Å². The number of carbonyl (C=O) groups excluding carboxylic acids is 2. The average Bonchev–Trinajstić information content (AvgIpc) is 2.55. The van der Waals surface area contributed by atoms with E-state index in [4.69, 9.17) is 9.47 Å². The minimum atomic E-state index is -0.709. The summed E-state index contributed by atoms with van der Waals surface area (Å²) in [5.41, 5.74) is 0.587. The number of ketones is 1. The van der Waals surface area contributed by atoms with Crippen LogP contribution in [0.15, 0.2) is 48.5 Å². The van der Waals surface area contributed by atoms with Gasteiger partial charge in [0.15, 0.2) is 24.0 Å². The summed E-state index contributed by atoms with van der Waals surface area (Å²) in [7, 11) is 0. The molecular formula is C17H15FO4. The van der Waals surface area contributed by atoms with E-state index in [1.54, 1.807) is 37.3 Å². The van der Waals surface area contributed by atoms with Gasteiger partial charge in [-0.15, -0.1) is 0 Å². The largest absolute Gasteiger partial charge is 0.482 e. The SMILES string of the molecule is CCC(=O)c1ccc(OCC(=O)Oc2ccccc2F)cc1. The molecule has 0 aromatic heterocycles. The second kappa shape index (κ2) is 7.36. The second-order valence-electron chi connectivity index (χ2n) is 4.49. The fraction of sp³-hybridized carbons (Fsp3) is 0.176. The van der Waals surface area contributed by atoms with E-state index in [0.29, 0.717) is 17.7 Å². The molecule has 2 aromatic rings. The van der Waals surface area contributed by atoms with Crippen molar-refractivity contribution in [2.75, 3.05) is 6.61 Å². The van der Waals surface area contributed by atoms with Crippen molar-refractivity contribution in [3.05, 3.63) is 59.9 Å². The van der Waals surface area contributed by atoms with Gasteiger partial charge in [-0.05, 0) is 36.4 Å². The molecule has 114 valence electrons. The molecule has 0 amide bonds. The molecule has 0 aliphatic carbocycles. The monoisotopic (exact) mass is 302 g/mol. The summed E-state index contributed by atoms with van der Waals surface area (Å²) >= 11 is 0. The van der Waals surface area contributed by atoms with Crippen molar-refractivity contribution in [2.45, 2.75) is 13.3 Å². The number of rotatable bonds is 6. The maximum Gasteiger partial charge on any atom is 0.349 e. The molecule has 0 spiro atoms. The first-order valence-electron chi connectivity index (χ1n) is 6.81. The van der Waals surface area contributed by atoms with E-state index in [-0.39, 0.29) is 18.1 Å². The zero-order chi connectivity index (χ0) is 15.9. The van der Waals surface area contributed by atoms with Crippen LogP contribution in [0.3, 0.4) is 0 Å². The predicted molar refractivity (Wildman–Crippen MR) is 78.6 cm³/mol. The average molecular weight is 302 g/mol. The van der Waals surface area contributed by atoms with Gasteiger partial charge in [-0.25, -0.2) is 9.18 Å². The minimum Gasteiger partial charge on any atom is -0.482 e. The summed E-state index contributed by atoms with van der Waals surface area (Å²) in [4.78, 5) is 23.1. The molecule has 0 saturated heterocycles. The van der Waals surface area contributed by atoms with Crippen LogP contribution < -0.4 is 9.47 Å². The molecule has 5 heteroatoms. The lowest BCUT2D eigenvalue weighted by molar-refractivity contribution is -0.136. The Morgan fingerprint density at radius 2 is 1.73 bits per heavy atom. The Morgan fingerprint density at radius 1 is 1.05 bits per heavy atom. The van der Waals surface area contributed by atoms with Crippen molar-refractivity contribution >= 4 is 11.8 Å². The van der Waals surface area contributed by atoms with Crippen LogP contribution >= 0.6 is 0 Å². The highest BCUT2D eigenvalue weighted by Crippen LogP contribution is 2.16. The van der Waals surface area contributed by atoms with Crippen molar-refractivity contribution in [1.29, 1.82) is 0 Å². The lowest BCUT2D eigenvalue weighted by atomic mass is 10.1. The fourth-order valence-corrected chi connectivity index (χ4v) is 1.76. The van der Waals surface area contributed by atoms with Crippen LogP contribution in [0.2, 0.25) is 0 Å². The van der Waals surface area contributed by atoms with E-state index in [9.17, 15) is 14.0 Å². The van der Waals surface area contributed by atoms with Gasteiger partial charge in [0.05, 0.1) is 0 Å². The molecule has 0 radical (unpaired) electrons. The van der Waals surface area contributed by atoms with Gasteiger partial charge < -0.3 is 9.47 Å². The third kappa shape index (κ3) is 4.15. The number of hydrogen-bond acceptors (Lipinski definition) is 4. The Kier molecular flexibility index (Phi) is 5.25. The lowest BCUT2D eigenvalue weighted by Gasteiger charge is -2.07. The normalized spacial score (nSPS) is 10.1. The summed E-state index contributed by atoms with van der Waals surface area (Å²) in [6, 6.07) is 12.1. The number of esters is 1. The lowest BCUT2D eigenvalue weighted by Crippen LogP contribution is -2.18. The number of hydrogen-bond donors (Lipinski definition) is 0. The molecule has 0 aliphatic rings. The van der Waals surface area contributed by atoms with Gasteiger partial charge in [0.25, 0.3) is 0 Å². The molecule has 0 unspecified atom stereocenters. The number of Topliss-reactive ketones (excluding diaryl/α,β-unsaturated/α-hetero) is 1. The van der Waals surface area contributed by atoms with Crippen LogP contribution in [0.5, 0.6) is 11.5 Å². The van der Waals surface area contributed by atoms with E-state index < -0.39 is 11.8 Å². The summed E-state index contributed by atoms with van der Waals surface area (Å²) in [6.45, 7) is 1.43. The van der Waals surface area contributed by atoms with Crippen LogP contribution in [0, 0.1) is 5.82 Å².